The molecule has 0 aliphatic carbocycles. The molecule has 0 saturated heterocycles. The number of anilines is 1. The number of carbonyl (C=O) groups excluding carboxylic acids is 1. The van der Waals surface area contributed by atoms with Crippen molar-refractivity contribution in [1.29, 1.82) is 0 Å². The second-order valence-electron chi connectivity index (χ2n) is 7.40. The van der Waals surface area contributed by atoms with Crippen molar-refractivity contribution >= 4 is 43.5 Å². The van der Waals surface area contributed by atoms with Gasteiger partial charge in [0.25, 0.3) is 5.91 Å². The van der Waals surface area contributed by atoms with E-state index in [1.807, 2.05) is 50.2 Å². The molecule has 0 aliphatic rings. The largest absolute Gasteiger partial charge is 0.298 e. The molecule has 0 atom stereocenters. The Kier molecular flexibility index (Phi) is 7.78. The second-order valence-corrected chi connectivity index (χ2v) is 10.5. The van der Waals surface area contributed by atoms with E-state index in [2.05, 4.69) is 84.0 Å². The number of aryl methyl sites for hydroxylation is 1. The lowest BCUT2D eigenvalue weighted by atomic mass is 10.2. The molecule has 0 spiro atoms. The predicted molar refractivity (Wildman–Crippen MR) is 145 cm³/mol. The highest BCUT2D eigenvalue weighted by Gasteiger charge is 2.28. The number of hydrogen-bond donors (Lipinski definition) is 1. The van der Waals surface area contributed by atoms with Gasteiger partial charge in [0.1, 0.15) is 0 Å². The minimum atomic E-state index is -0.229. The highest BCUT2D eigenvalue weighted by molar-refractivity contribution is 7.97. The van der Waals surface area contributed by atoms with Gasteiger partial charge in [0.15, 0.2) is 19.8 Å². The van der Waals surface area contributed by atoms with Gasteiger partial charge in [-0.15, -0.1) is 0 Å². The maximum absolute atomic E-state index is 12.8. The second kappa shape index (κ2) is 11.1. The smallest absolute Gasteiger partial charge is 0.257 e. The van der Waals surface area contributed by atoms with E-state index in [0.29, 0.717) is 10.7 Å². The Bertz CT molecular complexity index is 1320. The van der Waals surface area contributed by atoms with Crippen molar-refractivity contribution in [2.24, 2.45) is 0 Å². The zero-order valence-electron chi connectivity index (χ0n) is 19.5. The number of hydrogen-bond acceptors (Lipinski definition) is 3. The molecule has 0 bridgehead atoms. The Morgan fingerprint density at radius 3 is 1.91 bits per heavy atom. The average molecular weight is 484 g/mol. The van der Waals surface area contributed by atoms with Crippen LogP contribution in [0.15, 0.2) is 118 Å². The lowest BCUT2D eigenvalue weighted by Gasteiger charge is -2.08. The van der Waals surface area contributed by atoms with E-state index in [1.54, 1.807) is 0 Å². The molecule has 0 radical (unpaired) electrons. The van der Waals surface area contributed by atoms with Gasteiger partial charge in [0.05, 0.1) is 21.1 Å². The molecular weight excluding hydrogens is 456 g/mol. The van der Waals surface area contributed by atoms with Crippen LogP contribution in [0.5, 0.6) is 0 Å². The molecule has 1 N–H and O–H groups in total. The van der Waals surface area contributed by atoms with Crippen LogP contribution in [0.2, 0.25) is 0 Å². The summed E-state index contributed by atoms with van der Waals surface area (Å²) >= 11 is 1.50. The Labute approximate surface area is 207 Å². The SMILES string of the molecule is CC.Cc1ccc2nc(NC(=O)c3ccc([S+](c4ccccc4)c4ccccc4)cc3)sc2c1. The van der Waals surface area contributed by atoms with E-state index in [4.69, 9.17) is 0 Å². The Hall–Kier alpha value is -3.41. The Morgan fingerprint density at radius 1 is 0.765 bits per heavy atom. The molecule has 5 heteroatoms. The fourth-order valence-electron chi connectivity index (χ4n) is 3.52. The number of nitrogens with zero attached hydrogens (tertiary/aromatic N) is 1. The number of aromatic nitrogens is 1. The van der Waals surface area contributed by atoms with Crippen LogP contribution in [0.25, 0.3) is 10.2 Å². The summed E-state index contributed by atoms with van der Waals surface area (Å²) in [6.07, 6.45) is 0. The van der Waals surface area contributed by atoms with Crippen molar-refractivity contribution in [3.05, 3.63) is 114 Å². The summed E-state index contributed by atoms with van der Waals surface area (Å²) in [6.45, 7) is 6.05. The van der Waals surface area contributed by atoms with Gasteiger partial charge >= 0.3 is 0 Å². The van der Waals surface area contributed by atoms with Crippen LogP contribution in [-0.4, -0.2) is 10.9 Å². The number of nitrogens with one attached hydrogen (secondary N) is 1. The summed E-state index contributed by atoms with van der Waals surface area (Å²) in [5.74, 6) is -0.147. The summed E-state index contributed by atoms with van der Waals surface area (Å²) in [5, 5.41) is 3.57. The first-order chi connectivity index (χ1) is 16.7. The van der Waals surface area contributed by atoms with Gasteiger partial charge in [-0.3, -0.25) is 10.1 Å². The zero-order chi connectivity index (χ0) is 23.9. The van der Waals surface area contributed by atoms with Crippen molar-refractivity contribution in [3.8, 4) is 0 Å². The summed E-state index contributed by atoms with van der Waals surface area (Å²) in [5.41, 5.74) is 2.71. The van der Waals surface area contributed by atoms with Crippen LogP contribution in [-0.2, 0) is 10.9 Å². The minimum absolute atomic E-state index is 0.147. The summed E-state index contributed by atoms with van der Waals surface area (Å²) < 4.78 is 1.07. The van der Waals surface area contributed by atoms with E-state index < -0.39 is 0 Å². The maximum Gasteiger partial charge on any atom is 0.257 e. The molecule has 34 heavy (non-hydrogen) atoms. The third-order valence-corrected chi connectivity index (χ3v) is 8.24. The molecule has 5 aromatic rings. The van der Waals surface area contributed by atoms with E-state index in [-0.39, 0.29) is 16.8 Å². The number of carbonyl (C=O) groups is 1. The number of fused-ring (bicyclic) bond motifs is 1. The lowest BCUT2D eigenvalue weighted by Crippen LogP contribution is -2.12. The van der Waals surface area contributed by atoms with Crippen molar-refractivity contribution in [2.45, 2.75) is 35.5 Å². The molecule has 3 nitrogen and oxygen atoms in total. The number of rotatable bonds is 5. The molecule has 4 aromatic carbocycles. The quantitative estimate of drug-likeness (QED) is 0.258. The van der Waals surface area contributed by atoms with Gasteiger partial charge in [-0.2, -0.15) is 0 Å². The maximum atomic E-state index is 12.8. The number of thiazole rings is 1. The molecule has 0 saturated carbocycles. The first-order valence-electron chi connectivity index (χ1n) is 11.3. The van der Waals surface area contributed by atoms with Crippen LogP contribution < -0.4 is 5.32 Å². The Balaban J connectivity index is 0.00000133. The first-order valence-corrected chi connectivity index (χ1v) is 13.3. The molecule has 1 heterocycles. The standard InChI is InChI=1S/C27H20N2OS2.C2H6/c1-19-12-17-24-25(18-19)31-27(28-24)29-26(30)20-13-15-23(16-14-20)32(21-8-4-2-5-9-21)22-10-6-3-7-11-22;1-2/h2-18H,1H3;1-2H3/p+1. The highest BCUT2D eigenvalue weighted by Crippen LogP contribution is 2.31. The number of benzene rings is 4. The topological polar surface area (TPSA) is 42.0 Å². The normalized spacial score (nSPS) is 10.6. The fraction of sp³-hybridized carbons (Fsp3) is 0.103. The van der Waals surface area contributed by atoms with Crippen molar-refractivity contribution < 1.29 is 4.79 Å². The predicted octanol–water partition coefficient (Wildman–Crippen LogP) is 7.98. The molecule has 5 rings (SSSR count). The Morgan fingerprint density at radius 2 is 1.32 bits per heavy atom. The number of amides is 1. The fourth-order valence-corrected chi connectivity index (χ4v) is 6.56. The van der Waals surface area contributed by atoms with Crippen LogP contribution >= 0.6 is 11.3 Å². The van der Waals surface area contributed by atoms with Crippen LogP contribution in [0.3, 0.4) is 0 Å². The molecule has 0 fully saturated rings. The molecule has 170 valence electrons. The molecule has 1 aromatic heterocycles. The van der Waals surface area contributed by atoms with Crippen molar-refractivity contribution in [2.75, 3.05) is 5.32 Å². The van der Waals surface area contributed by atoms with Gasteiger partial charge in [0, 0.05) is 5.56 Å². The molecule has 0 unspecified atom stereocenters. The van der Waals surface area contributed by atoms with Gasteiger partial charge in [-0.05, 0) is 73.2 Å². The van der Waals surface area contributed by atoms with E-state index in [9.17, 15) is 4.79 Å². The van der Waals surface area contributed by atoms with Crippen molar-refractivity contribution in [1.82, 2.24) is 4.98 Å². The summed E-state index contributed by atoms with van der Waals surface area (Å²) in [7, 11) is -0.229. The van der Waals surface area contributed by atoms with E-state index in [0.717, 1.165) is 10.2 Å². The monoisotopic (exact) mass is 483 g/mol. The van der Waals surface area contributed by atoms with Gasteiger partial charge in [0.2, 0.25) is 0 Å². The van der Waals surface area contributed by atoms with Gasteiger partial charge < -0.3 is 0 Å². The van der Waals surface area contributed by atoms with Crippen LogP contribution in [0, 0.1) is 6.92 Å². The first kappa shape index (κ1) is 23.7. The lowest BCUT2D eigenvalue weighted by molar-refractivity contribution is 0.102. The zero-order valence-corrected chi connectivity index (χ0v) is 21.1. The molecule has 0 aliphatic heterocycles. The van der Waals surface area contributed by atoms with E-state index >= 15 is 0 Å². The third kappa shape index (κ3) is 5.38. The summed E-state index contributed by atoms with van der Waals surface area (Å²) in [4.78, 5) is 21.0. The summed E-state index contributed by atoms with van der Waals surface area (Å²) in [6, 6.07) is 35.0. The minimum Gasteiger partial charge on any atom is -0.298 e. The van der Waals surface area contributed by atoms with Crippen LogP contribution in [0.4, 0.5) is 5.13 Å². The van der Waals surface area contributed by atoms with Crippen LogP contribution in [0.1, 0.15) is 29.8 Å². The third-order valence-electron chi connectivity index (χ3n) is 5.07. The average Bonchev–Trinajstić information content (AvgIpc) is 3.28. The highest BCUT2D eigenvalue weighted by atomic mass is 32.2. The molecular formula is C29H27N2OS2+. The van der Waals surface area contributed by atoms with Crippen molar-refractivity contribution in [3.63, 3.8) is 0 Å². The molecule has 1 amide bonds. The van der Waals surface area contributed by atoms with Gasteiger partial charge in [-0.1, -0.05) is 67.6 Å². The van der Waals surface area contributed by atoms with E-state index in [1.165, 1.54) is 31.6 Å². The van der Waals surface area contributed by atoms with Gasteiger partial charge in [-0.25, -0.2) is 4.98 Å².